The van der Waals surface area contributed by atoms with Crippen LogP contribution in [0, 0.1) is 29.1 Å². The molecule has 0 aromatic heterocycles. The first-order valence-electron chi connectivity index (χ1n) is 7.95. The third kappa shape index (κ3) is 1.71. The Bertz CT molecular complexity index is 336. The van der Waals surface area contributed by atoms with Crippen molar-refractivity contribution < 1.29 is 4.79 Å². The Morgan fingerprint density at radius 1 is 1.06 bits per heavy atom. The average molecular weight is 247 g/mol. The second-order valence-electron chi connectivity index (χ2n) is 7.80. The molecule has 2 nitrogen and oxygen atoms in total. The Morgan fingerprint density at radius 2 is 1.56 bits per heavy atom. The van der Waals surface area contributed by atoms with Crippen LogP contribution in [0.2, 0.25) is 0 Å². The highest BCUT2D eigenvalue weighted by molar-refractivity contribution is 5.83. The number of nitrogens with one attached hydrogen (secondary N) is 1. The predicted octanol–water partition coefficient (Wildman–Crippen LogP) is 3.12. The lowest BCUT2D eigenvalue weighted by molar-refractivity contribution is -0.147. The van der Waals surface area contributed by atoms with Crippen molar-refractivity contribution in [1.82, 2.24) is 5.32 Å². The van der Waals surface area contributed by atoms with Crippen molar-refractivity contribution in [2.75, 3.05) is 0 Å². The predicted molar refractivity (Wildman–Crippen MR) is 70.9 cm³/mol. The van der Waals surface area contributed by atoms with Gasteiger partial charge in [0.1, 0.15) is 0 Å². The van der Waals surface area contributed by atoms with Crippen molar-refractivity contribution in [2.45, 2.75) is 64.3 Å². The van der Waals surface area contributed by atoms with Gasteiger partial charge in [0.2, 0.25) is 5.91 Å². The van der Waals surface area contributed by atoms with Gasteiger partial charge in [-0.15, -0.1) is 0 Å². The lowest BCUT2D eigenvalue weighted by Gasteiger charge is -2.55. The molecule has 0 aromatic carbocycles. The van der Waals surface area contributed by atoms with E-state index in [-0.39, 0.29) is 5.41 Å². The minimum Gasteiger partial charge on any atom is -0.353 e. The molecule has 5 fully saturated rings. The Balaban J connectivity index is 1.50. The van der Waals surface area contributed by atoms with Crippen molar-refractivity contribution in [2.24, 2.45) is 29.1 Å². The van der Waals surface area contributed by atoms with E-state index < -0.39 is 0 Å². The van der Waals surface area contributed by atoms with E-state index in [0.717, 1.165) is 23.7 Å². The lowest BCUT2D eigenvalue weighted by Crippen LogP contribution is -2.55. The summed E-state index contributed by atoms with van der Waals surface area (Å²) in [4.78, 5) is 12.7. The normalized spacial score (nSPS) is 47.1. The van der Waals surface area contributed by atoms with Crippen molar-refractivity contribution in [3.8, 4) is 0 Å². The SMILES string of the molecule is CC(NC(=O)C12CC3CC(CC(C3)C1)C2)C1CC1. The molecule has 0 heterocycles. The fourth-order valence-corrected chi connectivity index (χ4v) is 5.46. The van der Waals surface area contributed by atoms with E-state index in [2.05, 4.69) is 12.2 Å². The summed E-state index contributed by atoms with van der Waals surface area (Å²) in [6, 6.07) is 0.422. The van der Waals surface area contributed by atoms with Gasteiger partial charge >= 0.3 is 0 Å². The number of amides is 1. The third-order valence-electron chi connectivity index (χ3n) is 6.21. The standard InChI is InChI=1S/C16H25NO/c1-10(14-2-3-14)17-15(18)16-7-11-4-12(8-16)6-13(5-11)9-16/h10-14H,2-9H2,1H3,(H,17,18). The quantitative estimate of drug-likeness (QED) is 0.815. The lowest BCUT2D eigenvalue weighted by atomic mass is 9.49. The first kappa shape index (κ1) is 11.3. The van der Waals surface area contributed by atoms with E-state index in [4.69, 9.17) is 0 Å². The van der Waals surface area contributed by atoms with Gasteiger partial charge in [-0.2, -0.15) is 0 Å². The van der Waals surface area contributed by atoms with Gasteiger partial charge in [-0.1, -0.05) is 0 Å². The molecule has 5 aliphatic carbocycles. The average Bonchev–Trinajstić information content (AvgIpc) is 3.10. The summed E-state index contributed by atoms with van der Waals surface area (Å²) in [6.07, 6.45) is 10.5. The molecule has 1 atom stereocenters. The molecular weight excluding hydrogens is 222 g/mol. The molecule has 0 aromatic rings. The molecular formula is C16H25NO. The third-order valence-corrected chi connectivity index (χ3v) is 6.21. The molecule has 0 saturated heterocycles. The molecule has 5 saturated carbocycles. The van der Waals surface area contributed by atoms with Crippen molar-refractivity contribution >= 4 is 5.91 Å². The van der Waals surface area contributed by atoms with Crippen LogP contribution < -0.4 is 5.32 Å². The van der Waals surface area contributed by atoms with Gasteiger partial charge in [-0.25, -0.2) is 0 Å². The van der Waals surface area contributed by atoms with E-state index in [1.807, 2.05) is 0 Å². The molecule has 4 bridgehead atoms. The van der Waals surface area contributed by atoms with Crippen LogP contribution in [0.25, 0.3) is 0 Å². The maximum Gasteiger partial charge on any atom is 0.226 e. The minimum absolute atomic E-state index is 0.0535. The zero-order chi connectivity index (χ0) is 12.3. The first-order chi connectivity index (χ1) is 8.64. The molecule has 0 spiro atoms. The summed E-state index contributed by atoms with van der Waals surface area (Å²) in [6.45, 7) is 2.20. The van der Waals surface area contributed by atoms with Gasteiger partial charge in [-0.05, 0) is 82.0 Å². The molecule has 18 heavy (non-hydrogen) atoms. The van der Waals surface area contributed by atoms with Crippen LogP contribution in [-0.4, -0.2) is 11.9 Å². The van der Waals surface area contributed by atoms with Gasteiger partial charge in [0.15, 0.2) is 0 Å². The molecule has 2 heteroatoms. The van der Waals surface area contributed by atoms with E-state index in [1.165, 1.54) is 51.4 Å². The summed E-state index contributed by atoms with van der Waals surface area (Å²) in [5.41, 5.74) is 0.0535. The van der Waals surface area contributed by atoms with Crippen LogP contribution in [0.4, 0.5) is 0 Å². The van der Waals surface area contributed by atoms with Gasteiger partial charge in [0, 0.05) is 11.5 Å². The van der Waals surface area contributed by atoms with E-state index >= 15 is 0 Å². The van der Waals surface area contributed by atoms with E-state index in [1.54, 1.807) is 0 Å². The van der Waals surface area contributed by atoms with Crippen molar-refractivity contribution in [3.63, 3.8) is 0 Å². The van der Waals surface area contributed by atoms with Gasteiger partial charge in [-0.3, -0.25) is 4.79 Å². The summed E-state index contributed by atoms with van der Waals surface area (Å²) in [5, 5.41) is 3.36. The number of carbonyl (C=O) groups excluding carboxylic acids is 1. The number of carbonyl (C=O) groups is 1. The monoisotopic (exact) mass is 247 g/mol. The van der Waals surface area contributed by atoms with Crippen molar-refractivity contribution in [3.05, 3.63) is 0 Å². The Kier molecular flexibility index (Phi) is 2.35. The molecule has 5 aliphatic rings. The molecule has 0 radical (unpaired) electrons. The maximum atomic E-state index is 12.7. The number of hydrogen-bond donors (Lipinski definition) is 1. The molecule has 1 unspecified atom stereocenters. The smallest absolute Gasteiger partial charge is 0.226 e. The van der Waals surface area contributed by atoms with Gasteiger partial charge in [0.25, 0.3) is 0 Å². The second-order valence-corrected chi connectivity index (χ2v) is 7.80. The minimum atomic E-state index is 0.0535. The molecule has 5 rings (SSSR count). The Hall–Kier alpha value is -0.530. The summed E-state index contributed by atoms with van der Waals surface area (Å²) >= 11 is 0. The topological polar surface area (TPSA) is 29.1 Å². The van der Waals surface area contributed by atoms with Crippen LogP contribution in [0.1, 0.15) is 58.3 Å². The number of rotatable bonds is 3. The maximum absolute atomic E-state index is 12.7. The number of hydrogen-bond acceptors (Lipinski definition) is 1. The van der Waals surface area contributed by atoms with Crippen LogP contribution in [0.3, 0.4) is 0 Å². The summed E-state index contributed by atoms with van der Waals surface area (Å²) in [5.74, 6) is 3.82. The fraction of sp³-hybridized carbons (Fsp3) is 0.938. The van der Waals surface area contributed by atoms with E-state index in [9.17, 15) is 4.79 Å². The van der Waals surface area contributed by atoms with E-state index in [0.29, 0.717) is 11.9 Å². The van der Waals surface area contributed by atoms with Crippen LogP contribution in [-0.2, 0) is 4.79 Å². The molecule has 1 amide bonds. The highest BCUT2D eigenvalue weighted by Gasteiger charge is 2.54. The molecule has 1 N–H and O–H groups in total. The molecule has 100 valence electrons. The fourth-order valence-electron chi connectivity index (χ4n) is 5.46. The summed E-state index contributed by atoms with van der Waals surface area (Å²) < 4.78 is 0. The van der Waals surface area contributed by atoms with Gasteiger partial charge < -0.3 is 5.32 Å². The van der Waals surface area contributed by atoms with Crippen LogP contribution in [0.15, 0.2) is 0 Å². The highest BCUT2D eigenvalue weighted by atomic mass is 16.2. The first-order valence-corrected chi connectivity index (χ1v) is 7.95. The van der Waals surface area contributed by atoms with Gasteiger partial charge in [0.05, 0.1) is 0 Å². The van der Waals surface area contributed by atoms with Crippen molar-refractivity contribution in [1.29, 1.82) is 0 Å². The molecule has 0 aliphatic heterocycles. The van der Waals surface area contributed by atoms with Crippen LogP contribution in [0.5, 0.6) is 0 Å². The second kappa shape index (κ2) is 3.74. The summed E-state index contributed by atoms with van der Waals surface area (Å²) in [7, 11) is 0. The van der Waals surface area contributed by atoms with Crippen LogP contribution >= 0.6 is 0 Å². The zero-order valence-electron chi connectivity index (χ0n) is 11.5. The Labute approximate surface area is 110 Å². The largest absolute Gasteiger partial charge is 0.353 e. The highest BCUT2D eigenvalue weighted by Crippen LogP contribution is 2.60. The Morgan fingerprint density at radius 3 is 2.00 bits per heavy atom. The zero-order valence-corrected chi connectivity index (χ0v) is 11.5.